The number of nitrogens with zero attached hydrogens (tertiary/aromatic N) is 2. The average molecular weight is 414 g/mol. The van der Waals surface area contributed by atoms with Gasteiger partial charge in [-0.25, -0.2) is 0 Å². The molecule has 0 spiro atoms. The molecular formula is C21H20ClN3O4. The summed E-state index contributed by atoms with van der Waals surface area (Å²) in [4.78, 5) is 39.1. The third-order valence-electron chi connectivity index (χ3n) is 5.39. The lowest BCUT2D eigenvalue weighted by Gasteiger charge is -2.32. The van der Waals surface area contributed by atoms with Crippen LogP contribution >= 0.6 is 11.6 Å². The molecule has 0 saturated carbocycles. The van der Waals surface area contributed by atoms with Gasteiger partial charge in [0.1, 0.15) is 6.04 Å². The van der Waals surface area contributed by atoms with Crippen LogP contribution < -0.4 is 5.73 Å². The molecule has 8 heteroatoms. The highest BCUT2D eigenvalue weighted by molar-refractivity contribution is 6.30. The van der Waals surface area contributed by atoms with Gasteiger partial charge < -0.3 is 15.4 Å². The van der Waals surface area contributed by atoms with Crippen molar-refractivity contribution >= 4 is 29.3 Å². The average Bonchev–Trinajstić information content (AvgIpc) is 2.99. The molecule has 2 aliphatic rings. The third kappa shape index (κ3) is 3.19. The monoisotopic (exact) mass is 413 g/mol. The minimum Gasteiger partial charge on any atom is -0.465 e. The van der Waals surface area contributed by atoms with E-state index < -0.39 is 35.3 Å². The van der Waals surface area contributed by atoms with Crippen molar-refractivity contribution in [3.05, 3.63) is 58.8 Å². The van der Waals surface area contributed by atoms with E-state index in [4.69, 9.17) is 22.1 Å². The van der Waals surface area contributed by atoms with Crippen LogP contribution in [0.25, 0.3) is 0 Å². The fraction of sp³-hybridized carbons (Fsp3) is 0.333. The summed E-state index contributed by atoms with van der Waals surface area (Å²) < 4.78 is 5.26. The number of hydrogen-bond donors (Lipinski definition) is 1. The maximum atomic E-state index is 13.1. The first-order valence-electron chi connectivity index (χ1n) is 9.09. The highest BCUT2D eigenvalue weighted by Gasteiger charge is 2.66. The first-order valence-corrected chi connectivity index (χ1v) is 9.47. The molecule has 0 bridgehead atoms. The number of amides is 1. The molecule has 7 nitrogen and oxygen atoms in total. The fourth-order valence-electron chi connectivity index (χ4n) is 4.14. The molecule has 2 heterocycles. The van der Waals surface area contributed by atoms with Gasteiger partial charge in [0, 0.05) is 22.7 Å². The van der Waals surface area contributed by atoms with E-state index in [1.807, 2.05) is 0 Å². The van der Waals surface area contributed by atoms with Gasteiger partial charge in [0.05, 0.1) is 18.7 Å². The van der Waals surface area contributed by atoms with Crippen molar-refractivity contribution < 1.29 is 19.1 Å². The highest BCUT2D eigenvalue weighted by atomic mass is 35.5. The number of esters is 1. The number of allylic oxidation sites excluding steroid dienone is 2. The van der Waals surface area contributed by atoms with Crippen LogP contribution in [0.4, 0.5) is 0 Å². The molecule has 1 aromatic carbocycles. The second kappa shape index (κ2) is 7.72. The van der Waals surface area contributed by atoms with Crippen LogP contribution in [0.5, 0.6) is 0 Å². The zero-order chi connectivity index (χ0) is 21.3. The van der Waals surface area contributed by atoms with Crippen molar-refractivity contribution in [2.75, 3.05) is 6.61 Å². The molecule has 29 heavy (non-hydrogen) atoms. The molecule has 0 aromatic heterocycles. The summed E-state index contributed by atoms with van der Waals surface area (Å²) in [6.07, 6.45) is 4.63. The Kier molecular flexibility index (Phi) is 5.49. The third-order valence-corrected chi connectivity index (χ3v) is 5.64. The summed E-state index contributed by atoms with van der Waals surface area (Å²) in [5, 5.41) is 10.7. The number of hydrogen-bond acceptors (Lipinski definition) is 6. The maximum Gasteiger partial charge on any atom is 0.329 e. The molecule has 4 atom stereocenters. The molecule has 1 fully saturated rings. The number of ketones is 1. The van der Waals surface area contributed by atoms with Gasteiger partial charge in [0.25, 0.3) is 0 Å². The molecule has 2 aliphatic heterocycles. The summed E-state index contributed by atoms with van der Waals surface area (Å²) in [7, 11) is 0. The van der Waals surface area contributed by atoms with E-state index >= 15 is 0 Å². The lowest BCUT2D eigenvalue weighted by molar-refractivity contribution is -0.153. The topological polar surface area (TPSA) is 113 Å². The molecule has 2 N–H and O–H groups in total. The van der Waals surface area contributed by atoms with Crippen LogP contribution in [-0.2, 0) is 19.1 Å². The molecule has 1 saturated heterocycles. The van der Waals surface area contributed by atoms with E-state index in [0.29, 0.717) is 16.2 Å². The lowest BCUT2D eigenvalue weighted by atomic mass is 9.68. The van der Waals surface area contributed by atoms with Crippen LogP contribution in [0.3, 0.4) is 0 Å². The number of primary amides is 1. The largest absolute Gasteiger partial charge is 0.465 e. The predicted octanol–water partition coefficient (Wildman–Crippen LogP) is 2.08. The zero-order valence-electron chi connectivity index (χ0n) is 16.0. The summed E-state index contributed by atoms with van der Waals surface area (Å²) in [5.41, 5.74) is 4.89. The molecule has 0 radical (unpaired) electrons. The van der Waals surface area contributed by atoms with Crippen LogP contribution in [0, 0.1) is 16.7 Å². The molecule has 1 amide bonds. The summed E-state index contributed by atoms with van der Waals surface area (Å²) >= 11 is 5.99. The van der Waals surface area contributed by atoms with Crippen molar-refractivity contribution in [2.24, 2.45) is 11.1 Å². The fourth-order valence-corrected chi connectivity index (χ4v) is 4.26. The van der Waals surface area contributed by atoms with Gasteiger partial charge >= 0.3 is 5.97 Å². The number of ether oxygens (including phenoxy) is 1. The molecule has 1 aromatic rings. The number of fused-ring (bicyclic) bond motifs is 1. The minimum absolute atomic E-state index is 0.0712. The number of carbonyl (C=O) groups is 3. The zero-order valence-corrected chi connectivity index (χ0v) is 16.7. The van der Waals surface area contributed by atoms with Crippen molar-refractivity contribution in [1.82, 2.24) is 4.90 Å². The van der Waals surface area contributed by atoms with Gasteiger partial charge in [0.15, 0.2) is 11.2 Å². The summed E-state index contributed by atoms with van der Waals surface area (Å²) in [6, 6.07) is 6.82. The van der Waals surface area contributed by atoms with Gasteiger partial charge in [-0.05, 0) is 31.5 Å². The molecule has 3 rings (SSSR count). The molecule has 0 unspecified atom stereocenters. The van der Waals surface area contributed by atoms with E-state index in [-0.39, 0.29) is 12.4 Å². The highest BCUT2D eigenvalue weighted by Crippen LogP contribution is 2.53. The van der Waals surface area contributed by atoms with E-state index in [0.717, 1.165) is 0 Å². The van der Waals surface area contributed by atoms with Crippen molar-refractivity contribution in [1.29, 1.82) is 5.26 Å². The maximum absolute atomic E-state index is 13.1. The van der Waals surface area contributed by atoms with Gasteiger partial charge in [-0.3, -0.25) is 14.4 Å². The molecule has 0 aliphatic carbocycles. The summed E-state index contributed by atoms with van der Waals surface area (Å²) in [6.45, 7) is 3.11. The number of benzene rings is 1. The second-order valence-electron chi connectivity index (χ2n) is 6.97. The summed E-state index contributed by atoms with van der Waals surface area (Å²) in [5.74, 6) is -2.59. The Bertz CT molecular complexity index is 963. The first kappa shape index (κ1) is 20.6. The second-order valence-corrected chi connectivity index (χ2v) is 7.41. The van der Waals surface area contributed by atoms with Crippen LogP contribution in [-0.4, -0.2) is 41.3 Å². The smallest absolute Gasteiger partial charge is 0.329 e. The van der Waals surface area contributed by atoms with Crippen LogP contribution in [0.15, 0.2) is 48.2 Å². The number of rotatable bonds is 5. The molecular weight excluding hydrogens is 394 g/mol. The number of halogens is 1. The van der Waals surface area contributed by atoms with E-state index in [1.165, 1.54) is 18.0 Å². The number of Topliss-reactive ketones (excluding diaryl/α,β-unsaturated/α-hetero) is 1. The first-order chi connectivity index (χ1) is 13.8. The Morgan fingerprint density at radius 1 is 1.31 bits per heavy atom. The number of nitriles is 1. The molecule has 150 valence electrons. The van der Waals surface area contributed by atoms with Gasteiger partial charge in [0.2, 0.25) is 5.91 Å². The van der Waals surface area contributed by atoms with Crippen LogP contribution in [0.1, 0.15) is 25.3 Å². The lowest BCUT2D eigenvalue weighted by Crippen LogP contribution is -2.45. The number of nitrogens with two attached hydrogens (primary N) is 1. The van der Waals surface area contributed by atoms with Crippen molar-refractivity contribution in [3.8, 4) is 6.07 Å². The standard InChI is InChI=1S/C21H20ClN3O4/c1-3-29-20(28)21(11-23)16-9-6-14(12(2)26)10-25(16)18(19(24)27)17(21)13-4-7-15(22)8-5-13/h4-10,16-18H,3H2,1-2H3,(H2,24,27)/t16-,17+,18-,21-/m0/s1. The number of carbonyl (C=O) groups excluding carboxylic acids is 3. The van der Waals surface area contributed by atoms with E-state index in [2.05, 4.69) is 6.07 Å². The van der Waals surface area contributed by atoms with Crippen molar-refractivity contribution in [2.45, 2.75) is 31.8 Å². The Balaban J connectivity index is 2.28. The van der Waals surface area contributed by atoms with E-state index in [9.17, 15) is 19.6 Å². The minimum atomic E-state index is -1.74. The Labute approximate surface area is 173 Å². The quantitative estimate of drug-likeness (QED) is 0.739. The normalized spacial score (nSPS) is 27.6. The Hall–Kier alpha value is -3.11. The Morgan fingerprint density at radius 3 is 2.48 bits per heavy atom. The van der Waals surface area contributed by atoms with Crippen molar-refractivity contribution in [3.63, 3.8) is 0 Å². The Morgan fingerprint density at radius 2 is 1.97 bits per heavy atom. The SMILES string of the molecule is CCOC(=O)[C@]1(C#N)[C@H](c2ccc(Cl)cc2)[C@@H](C(N)=O)N2C=C(C(C)=O)C=C[C@H]21. The van der Waals surface area contributed by atoms with Gasteiger partial charge in [-0.1, -0.05) is 35.9 Å². The predicted molar refractivity (Wildman–Crippen MR) is 105 cm³/mol. The van der Waals surface area contributed by atoms with Gasteiger partial charge in [-0.2, -0.15) is 5.26 Å². The van der Waals surface area contributed by atoms with E-state index in [1.54, 1.807) is 43.3 Å². The van der Waals surface area contributed by atoms with Gasteiger partial charge in [-0.15, -0.1) is 0 Å². The van der Waals surface area contributed by atoms with Crippen LogP contribution in [0.2, 0.25) is 5.02 Å².